The quantitative estimate of drug-likeness (QED) is 0.120. The molecule has 0 aliphatic heterocycles. The van der Waals surface area contributed by atoms with Crippen LogP contribution in [0, 0.1) is 13.8 Å². The maximum atomic E-state index is 10.2. The molecule has 0 radical (unpaired) electrons. The number of aryl methyl sites for hydroxylation is 3. The Bertz CT molecular complexity index is 1400. The molecule has 2 aromatic carbocycles. The molecule has 5 rings (SSSR count). The van der Waals surface area contributed by atoms with Crippen molar-refractivity contribution in [2.75, 3.05) is 0 Å². The normalized spacial score (nSPS) is 15.1. The third-order valence-electron chi connectivity index (χ3n) is 8.17. The first-order chi connectivity index (χ1) is 22.1. The summed E-state index contributed by atoms with van der Waals surface area (Å²) in [6.45, 7) is 6.44. The molecule has 4 aromatic rings. The van der Waals surface area contributed by atoms with Crippen molar-refractivity contribution >= 4 is 33.7 Å². The van der Waals surface area contributed by atoms with E-state index >= 15 is 0 Å². The molecule has 47 heavy (non-hydrogen) atoms. The molecule has 258 valence electrons. The Kier molecular flexibility index (Phi) is 21.4. The van der Waals surface area contributed by atoms with Crippen molar-refractivity contribution < 1.29 is 40.9 Å². The topological polar surface area (TPSA) is 148 Å². The smallest absolute Gasteiger partial charge is 0.676 e. The average molecular weight is 824 g/mol. The van der Waals surface area contributed by atoms with Crippen molar-refractivity contribution in [1.29, 1.82) is 0 Å². The van der Waals surface area contributed by atoms with Gasteiger partial charge in [0.05, 0.1) is 11.0 Å². The number of unbranched alkanes of at least 4 members (excludes halogenated alkanes) is 4. The minimum atomic E-state index is -0.717. The maximum absolute atomic E-state index is 10.2. The van der Waals surface area contributed by atoms with Gasteiger partial charge in [-0.3, -0.25) is 19.6 Å². The van der Waals surface area contributed by atoms with Gasteiger partial charge in [-0.1, -0.05) is 101 Å². The van der Waals surface area contributed by atoms with Gasteiger partial charge in [-0.2, -0.15) is 12.1 Å². The van der Waals surface area contributed by atoms with Gasteiger partial charge in [0.2, 0.25) is 0 Å². The van der Waals surface area contributed by atoms with E-state index < -0.39 is 11.9 Å². The third kappa shape index (κ3) is 16.0. The molecule has 4 N–H and O–H groups in total. The van der Waals surface area contributed by atoms with Crippen molar-refractivity contribution in [2.45, 2.75) is 116 Å². The van der Waals surface area contributed by atoms with Crippen LogP contribution < -0.4 is 0 Å². The fourth-order valence-electron chi connectivity index (χ4n) is 5.30. The van der Waals surface area contributed by atoms with E-state index in [0.29, 0.717) is 6.42 Å². The summed E-state index contributed by atoms with van der Waals surface area (Å²) < 4.78 is 0. The Morgan fingerprint density at radius 3 is 1.62 bits per heavy atom. The predicted molar refractivity (Wildman–Crippen MR) is 189 cm³/mol. The summed E-state index contributed by atoms with van der Waals surface area (Å²) in [5.41, 5.74) is 20.4. The molecular weight excluding hydrogens is 772 g/mol. The first-order valence-electron chi connectivity index (χ1n) is 16.6. The fourth-order valence-corrected chi connectivity index (χ4v) is 5.30. The number of nitrogens with zero attached hydrogens (tertiary/aromatic N) is 2. The van der Waals surface area contributed by atoms with Gasteiger partial charge < -0.3 is 21.7 Å². The fraction of sp³-hybridized carbons (Fsp3) is 0.474. The van der Waals surface area contributed by atoms with Gasteiger partial charge in [0.25, 0.3) is 0 Å². The molecule has 8 nitrogen and oxygen atoms in total. The van der Waals surface area contributed by atoms with Crippen LogP contribution in [0.15, 0.2) is 67.0 Å². The molecule has 0 bridgehead atoms. The van der Waals surface area contributed by atoms with Crippen molar-refractivity contribution in [2.24, 2.45) is 0 Å². The Balaban J connectivity index is 0.000000322. The summed E-state index contributed by atoms with van der Waals surface area (Å²) in [6, 6.07) is 17.9. The standard InChI is InChI=1S/C14H12N2.C10H12O2.C8H16O2.C6H12N2.Pt/c1-9-10(2)12-6-4-8-16-14(12)13-11(9)5-3-7-15-13;11-10(12)8-4-7-9-5-2-1-3-6-9;1-2-3-4-5-6-7-8(9)10;7-5-3-1-2-4-6(5)8;/h3-8H,1-2H3;1-3,5-6H,4,7-8H2,(H,11,12);2-7H2,1H3,(H,9,10);5-8H,1-4H2;/q;;;-2;+2/t;;;5-,6-;/m...0./s1. The number of rotatable bonds is 10. The van der Waals surface area contributed by atoms with Gasteiger partial charge >= 0.3 is 33.0 Å². The van der Waals surface area contributed by atoms with Crippen LogP contribution in [0.1, 0.15) is 101 Å². The minimum Gasteiger partial charge on any atom is -0.676 e. The number of carboxylic acids is 2. The molecule has 2 heterocycles. The van der Waals surface area contributed by atoms with E-state index in [4.69, 9.17) is 21.7 Å². The third-order valence-corrected chi connectivity index (χ3v) is 8.17. The summed E-state index contributed by atoms with van der Waals surface area (Å²) >= 11 is 0. The summed E-state index contributed by atoms with van der Waals surface area (Å²) in [5, 5.41) is 19.1. The van der Waals surface area contributed by atoms with Crippen molar-refractivity contribution in [1.82, 2.24) is 9.97 Å². The number of nitrogens with one attached hydrogen (secondary N) is 2. The summed E-state index contributed by atoms with van der Waals surface area (Å²) in [5.74, 6) is -1.39. The number of fused-ring (bicyclic) bond motifs is 3. The van der Waals surface area contributed by atoms with E-state index in [2.05, 4.69) is 42.9 Å². The molecule has 2 aromatic heterocycles. The van der Waals surface area contributed by atoms with E-state index in [1.165, 1.54) is 59.6 Å². The van der Waals surface area contributed by atoms with Crippen LogP contribution in [0.2, 0.25) is 0 Å². The van der Waals surface area contributed by atoms with Gasteiger partial charge in [-0.05, 0) is 61.9 Å². The van der Waals surface area contributed by atoms with Gasteiger partial charge in [-0.25, -0.2) is 0 Å². The number of pyridine rings is 2. The van der Waals surface area contributed by atoms with Gasteiger partial charge in [0.15, 0.2) is 0 Å². The zero-order valence-electron chi connectivity index (χ0n) is 28.1. The monoisotopic (exact) mass is 823 g/mol. The van der Waals surface area contributed by atoms with Crippen molar-refractivity contribution in [3.8, 4) is 0 Å². The number of carbonyl (C=O) groups is 2. The summed E-state index contributed by atoms with van der Waals surface area (Å²) in [4.78, 5) is 29.1. The van der Waals surface area contributed by atoms with Crippen molar-refractivity contribution in [3.63, 3.8) is 0 Å². The number of carboxylic acid groups (broad SMARTS) is 2. The first kappa shape index (κ1) is 41.8. The molecule has 1 aliphatic rings. The van der Waals surface area contributed by atoms with Crippen LogP contribution >= 0.6 is 0 Å². The van der Waals surface area contributed by atoms with E-state index in [0.717, 1.165) is 49.6 Å². The van der Waals surface area contributed by atoms with Crippen LogP contribution in [0.3, 0.4) is 0 Å². The Hall–Kier alpha value is -3.19. The molecule has 2 atom stereocenters. The zero-order chi connectivity index (χ0) is 33.7. The van der Waals surface area contributed by atoms with E-state index in [9.17, 15) is 9.59 Å². The molecule has 1 saturated carbocycles. The van der Waals surface area contributed by atoms with Crippen LogP contribution in [-0.4, -0.2) is 44.2 Å². The van der Waals surface area contributed by atoms with Gasteiger partial charge in [0, 0.05) is 36.0 Å². The second-order valence-electron chi connectivity index (χ2n) is 11.8. The molecule has 0 spiro atoms. The first-order valence-corrected chi connectivity index (χ1v) is 16.6. The SMILES string of the molecule is CCCCCCCC(=O)O.Cc1c(C)c2cccnc2c2ncccc12.O=C(O)CCCc1ccccc1.[NH-][C@H]1CCCC[C@@H]1[NH-].[Pt+2]. The molecule has 9 heteroatoms. The molecule has 1 aliphatic carbocycles. The van der Waals surface area contributed by atoms with Gasteiger partial charge in [-0.15, -0.1) is 0 Å². The largest absolute Gasteiger partial charge is 2.00 e. The second-order valence-corrected chi connectivity index (χ2v) is 11.8. The van der Waals surface area contributed by atoms with E-state index in [-0.39, 0.29) is 39.6 Å². The Morgan fingerprint density at radius 2 is 1.17 bits per heavy atom. The van der Waals surface area contributed by atoms with E-state index in [1.807, 2.05) is 54.9 Å². The second kappa shape index (κ2) is 24.0. The minimum absolute atomic E-state index is 0. The predicted octanol–water partition coefficient (Wildman–Crippen LogP) is 10.3. The zero-order valence-corrected chi connectivity index (χ0v) is 30.4. The number of aromatic nitrogens is 2. The number of benzene rings is 2. The Morgan fingerprint density at radius 1 is 0.702 bits per heavy atom. The van der Waals surface area contributed by atoms with Crippen molar-refractivity contribution in [3.05, 3.63) is 95.1 Å². The van der Waals surface area contributed by atoms with Gasteiger partial charge in [0.1, 0.15) is 0 Å². The van der Waals surface area contributed by atoms with Crippen LogP contribution in [0.5, 0.6) is 0 Å². The van der Waals surface area contributed by atoms with Crippen LogP contribution in [0.4, 0.5) is 0 Å². The Labute approximate surface area is 295 Å². The molecular formula is C38H52N4O4Pt. The molecule has 1 fully saturated rings. The molecule has 0 amide bonds. The van der Waals surface area contributed by atoms with Crippen LogP contribution in [0.25, 0.3) is 33.3 Å². The summed E-state index contributed by atoms with van der Waals surface area (Å²) in [7, 11) is 0. The summed E-state index contributed by atoms with van der Waals surface area (Å²) in [6.07, 6.45) is 15.6. The van der Waals surface area contributed by atoms with E-state index in [1.54, 1.807) is 0 Å². The average Bonchev–Trinajstić information content (AvgIpc) is 3.06. The number of hydrogen-bond acceptors (Lipinski definition) is 4. The number of hydrogen-bond donors (Lipinski definition) is 2. The van der Waals surface area contributed by atoms with Crippen LogP contribution in [-0.2, 0) is 37.1 Å². The maximum Gasteiger partial charge on any atom is 2.00 e. The molecule has 0 saturated heterocycles. The molecule has 0 unspecified atom stereocenters. The number of aliphatic carboxylic acids is 2.